The lowest BCUT2D eigenvalue weighted by Gasteiger charge is -2.31. The van der Waals surface area contributed by atoms with Crippen LogP contribution in [0.1, 0.15) is 18.4 Å². The minimum Gasteiger partial charge on any atom is -0.351 e. The predicted octanol–water partition coefficient (Wildman–Crippen LogP) is 1.92. The minimum absolute atomic E-state index is 0.185. The summed E-state index contributed by atoms with van der Waals surface area (Å²) in [6.45, 7) is 1.68. The van der Waals surface area contributed by atoms with E-state index in [1.807, 2.05) is 30.3 Å². The molecule has 0 radical (unpaired) electrons. The Labute approximate surface area is 139 Å². The maximum absolute atomic E-state index is 13.7. The second-order valence-corrected chi connectivity index (χ2v) is 6.69. The van der Waals surface area contributed by atoms with E-state index in [2.05, 4.69) is 10.6 Å². The topological polar surface area (TPSA) is 44.4 Å². The number of nitrogens with one attached hydrogen (secondary N) is 2. The number of nitrogens with zero attached hydrogens (tertiary/aromatic N) is 1. The summed E-state index contributed by atoms with van der Waals surface area (Å²) in [6.07, 6.45) is -4.06. The average Bonchev–Trinajstić information content (AvgIpc) is 3.18. The lowest BCUT2D eigenvalue weighted by Crippen LogP contribution is -2.54. The molecule has 2 aliphatic heterocycles. The summed E-state index contributed by atoms with van der Waals surface area (Å²) in [7, 11) is 0. The molecule has 2 heterocycles. The van der Waals surface area contributed by atoms with Crippen LogP contribution >= 0.6 is 0 Å². The lowest BCUT2D eigenvalue weighted by molar-refractivity contribution is -0.218. The highest BCUT2D eigenvalue weighted by molar-refractivity contribution is 5.84. The van der Waals surface area contributed by atoms with Gasteiger partial charge in [-0.15, -0.1) is 0 Å². The van der Waals surface area contributed by atoms with Gasteiger partial charge in [0.05, 0.1) is 0 Å². The van der Waals surface area contributed by atoms with E-state index < -0.39 is 17.5 Å². The first-order valence-electron chi connectivity index (χ1n) is 8.25. The maximum atomic E-state index is 13.7. The Balaban J connectivity index is 1.71. The van der Waals surface area contributed by atoms with E-state index in [0.717, 1.165) is 12.1 Å². The SMILES string of the molecule is O=C(NC1CCNC1)C1(C(F)(F)F)CCN(Cc2ccccc2)C1. The molecule has 132 valence electrons. The van der Waals surface area contributed by atoms with Crippen LogP contribution in [-0.2, 0) is 11.3 Å². The van der Waals surface area contributed by atoms with Gasteiger partial charge in [0.2, 0.25) is 5.91 Å². The van der Waals surface area contributed by atoms with Crippen molar-refractivity contribution < 1.29 is 18.0 Å². The summed E-state index contributed by atoms with van der Waals surface area (Å²) in [6, 6.07) is 9.16. The van der Waals surface area contributed by atoms with Gasteiger partial charge >= 0.3 is 6.18 Å². The Morgan fingerprint density at radius 3 is 2.71 bits per heavy atom. The molecule has 24 heavy (non-hydrogen) atoms. The van der Waals surface area contributed by atoms with E-state index >= 15 is 0 Å². The molecule has 0 bridgehead atoms. The highest BCUT2D eigenvalue weighted by Gasteiger charge is 2.63. The number of likely N-dealkylation sites (tertiary alicyclic amines) is 1. The third-order valence-electron chi connectivity index (χ3n) is 4.97. The van der Waals surface area contributed by atoms with Crippen molar-refractivity contribution in [1.29, 1.82) is 0 Å². The molecule has 0 aromatic heterocycles. The van der Waals surface area contributed by atoms with Crippen molar-refractivity contribution in [3.8, 4) is 0 Å². The second kappa shape index (κ2) is 6.72. The van der Waals surface area contributed by atoms with E-state index in [1.54, 1.807) is 4.90 Å². The van der Waals surface area contributed by atoms with Gasteiger partial charge in [0.1, 0.15) is 0 Å². The van der Waals surface area contributed by atoms with E-state index in [1.165, 1.54) is 0 Å². The Kier molecular flexibility index (Phi) is 4.83. The maximum Gasteiger partial charge on any atom is 0.404 e. The zero-order valence-electron chi connectivity index (χ0n) is 13.4. The number of hydrogen-bond acceptors (Lipinski definition) is 3. The van der Waals surface area contributed by atoms with Crippen LogP contribution in [0, 0.1) is 5.41 Å². The standard InChI is InChI=1S/C17H22F3N3O/c18-17(19,20)16(15(24)22-14-6-8-21-10-14)7-9-23(12-16)11-13-4-2-1-3-5-13/h1-5,14,21H,6-12H2,(H,22,24). The van der Waals surface area contributed by atoms with E-state index in [9.17, 15) is 18.0 Å². The smallest absolute Gasteiger partial charge is 0.351 e. The van der Waals surface area contributed by atoms with Crippen molar-refractivity contribution in [1.82, 2.24) is 15.5 Å². The molecule has 2 N–H and O–H groups in total. The van der Waals surface area contributed by atoms with Gasteiger partial charge in [-0.05, 0) is 31.5 Å². The molecule has 2 aliphatic rings. The molecule has 2 saturated heterocycles. The van der Waals surface area contributed by atoms with Crippen LogP contribution in [-0.4, -0.2) is 49.2 Å². The molecule has 4 nitrogen and oxygen atoms in total. The number of amides is 1. The molecule has 2 atom stereocenters. The normalized spacial score (nSPS) is 28.2. The fraction of sp³-hybridized carbons (Fsp3) is 0.588. The minimum atomic E-state index is -4.55. The van der Waals surface area contributed by atoms with Gasteiger partial charge in [-0.2, -0.15) is 13.2 Å². The van der Waals surface area contributed by atoms with Gasteiger partial charge < -0.3 is 10.6 Å². The van der Waals surface area contributed by atoms with Gasteiger partial charge in [-0.1, -0.05) is 30.3 Å². The van der Waals surface area contributed by atoms with Gasteiger partial charge in [-0.3, -0.25) is 9.69 Å². The number of carbonyl (C=O) groups excluding carboxylic acids is 1. The molecule has 2 fully saturated rings. The van der Waals surface area contributed by atoms with Crippen molar-refractivity contribution in [2.45, 2.75) is 31.6 Å². The fourth-order valence-corrected chi connectivity index (χ4v) is 3.51. The largest absolute Gasteiger partial charge is 0.404 e. The van der Waals surface area contributed by atoms with Gasteiger partial charge in [0.15, 0.2) is 5.41 Å². The predicted molar refractivity (Wildman–Crippen MR) is 84.2 cm³/mol. The van der Waals surface area contributed by atoms with E-state index in [4.69, 9.17) is 0 Å². The highest BCUT2D eigenvalue weighted by atomic mass is 19.4. The number of rotatable bonds is 4. The van der Waals surface area contributed by atoms with Crippen molar-refractivity contribution >= 4 is 5.91 Å². The molecule has 0 aliphatic carbocycles. The Hall–Kier alpha value is -1.60. The third-order valence-corrected chi connectivity index (χ3v) is 4.97. The fourth-order valence-electron chi connectivity index (χ4n) is 3.51. The van der Waals surface area contributed by atoms with Gasteiger partial charge in [0.25, 0.3) is 0 Å². The molecule has 2 unspecified atom stereocenters. The molecule has 7 heteroatoms. The summed E-state index contributed by atoms with van der Waals surface area (Å²) in [4.78, 5) is 14.2. The molecular weight excluding hydrogens is 319 g/mol. The quantitative estimate of drug-likeness (QED) is 0.879. The van der Waals surface area contributed by atoms with Crippen LogP contribution in [0.25, 0.3) is 0 Å². The molecule has 3 rings (SSSR count). The summed E-state index contributed by atoms with van der Waals surface area (Å²) in [5.74, 6) is -0.876. The Bertz CT molecular complexity index is 572. The van der Waals surface area contributed by atoms with Crippen LogP contribution < -0.4 is 10.6 Å². The molecule has 0 spiro atoms. The second-order valence-electron chi connectivity index (χ2n) is 6.69. The van der Waals surface area contributed by atoms with Crippen molar-refractivity contribution in [3.05, 3.63) is 35.9 Å². The lowest BCUT2D eigenvalue weighted by atomic mass is 9.84. The summed E-state index contributed by atoms with van der Waals surface area (Å²) in [5, 5.41) is 5.66. The average molecular weight is 341 g/mol. The zero-order valence-corrected chi connectivity index (χ0v) is 13.4. The number of halogens is 3. The van der Waals surface area contributed by atoms with E-state index in [0.29, 0.717) is 19.5 Å². The summed E-state index contributed by atoms with van der Waals surface area (Å²) in [5.41, 5.74) is -1.35. The first-order chi connectivity index (χ1) is 11.4. The number of alkyl halides is 3. The van der Waals surface area contributed by atoms with Crippen LogP contribution in [0.3, 0.4) is 0 Å². The third kappa shape index (κ3) is 3.42. The van der Waals surface area contributed by atoms with Crippen LogP contribution in [0.2, 0.25) is 0 Å². The molecule has 1 aromatic rings. The molecule has 1 aromatic carbocycles. The van der Waals surface area contributed by atoms with Gasteiger partial charge in [0, 0.05) is 25.7 Å². The van der Waals surface area contributed by atoms with E-state index in [-0.39, 0.29) is 25.6 Å². The van der Waals surface area contributed by atoms with Gasteiger partial charge in [-0.25, -0.2) is 0 Å². The first kappa shape index (κ1) is 17.2. The Morgan fingerprint density at radius 1 is 1.33 bits per heavy atom. The zero-order chi connectivity index (χ0) is 17.2. The monoisotopic (exact) mass is 341 g/mol. The summed E-state index contributed by atoms with van der Waals surface area (Å²) >= 11 is 0. The van der Waals surface area contributed by atoms with Crippen molar-refractivity contribution in [2.75, 3.05) is 26.2 Å². The van der Waals surface area contributed by atoms with Crippen LogP contribution in [0.4, 0.5) is 13.2 Å². The summed E-state index contributed by atoms with van der Waals surface area (Å²) < 4.78 is 41.2. The molecular formula is C17H22F3N3O. The first-order valence-corrected chi connectivity index (χ1v) is 8.25. The van der Waals surface area contributed by atoms with Crippen molar-refractivity contribution in [3.63, 3.8) is 0 Å². The molecule has 1 amide bonds. The Morgan fingerprint density at radius 2 is 2.08 bits per heavy atom. The highest BCUT2D eigenvalue weighted by Crippen LogP contribution is 2.46. The number of benzene rings is 1. The number of carbonyl (C=O) groups is 1. The number of hydrogen-bond donors (Lipinski definition) is 2. The van der Waals surface area contributed by atoms with Crippen LogP contribution in [0.15, 0.2) is 30.3 Å². The van der Waals surface area contributed by atoms with Crippen LogP contribution in [0.5, 0.6) is 0 Å². The van der Waals surface area contributed by atoms with Crippen molar-refractivity contribution in [2.24, 2.45) is 5.41 Å². The molecule has 0 saturated carbocycles.